The number of carbonyl (C=O) groups is 2. The van der Waals surface area contributed by atoms with Crippen molar-refractivity contribution in [3.05, 3.63) is 113 Å². The Kier molecular flexibility index (Phi) is 17.7. The number of fused-ring (bicyclic) bond motifs is 4. The fourth-order valence-electron chi connectivity index (χ4n) is 14.2. The Morgan fingerprint density at radius 1 is 0.686 bits per heavy atom. The van der Waals surface area contributed by atoms with E-state index in [2.05, 4.69) is 65.4 Å². The quantitative estimate of drug-likeness (QED) is 0.112. The molecule has 0 atom stereocenters. The SMILES string of the molecule is CC(=O)N1CCc2c(c(-c3cccc4cc(-c5cnn(CCN6CCNCC6)c5)ncc34)nn2C2CCOCC2)C1.CC(=O)N1CCc2c(c(N3CCCc4cc(-c5ccc(CCC6CCNCC6)nc5)c(C(F)F)cc43)nn2C2CCOCC2)C1. The number of aryl methyl sites for hydroxylation is 2. The standard InChI is InChI=1S/C35H44F2N6O2.C31H38N8O2/c1-23(44)41-16-10-32-31(22-41)35(40-43(32)28-11-17-45-18-12-28)42-15-2-3-25-19-29(30(34(36)37)20-33(25)42)26-5-7-27(39-21-26)6-4-24-8-13-38-14-9-24;1-22(40)37-10-5-30-28(21-37)31(35-39(30)25-6-15-41-16-7-25)26-4-2-3-23-17-29(33-19-27(23)26)24-18-34-38(20-24)14-13-36-11-8-32-9-12-36/h5,7,19-21,24,28,34,38H,2-4,6,8-18,22H2,1H3;2-4,17-20,25,32H,5-16,21H2,1H3. The molecule has 7 aliphatic rings. The highest BCUT2D eigenvalue weighted by Crippen LogP contribution is 2.44. The second kappa shape index (κ2) is 26.2. The summed E-state index contributed by atoms with van der Waals surface area (Å²) < 4.78 is 47.2. The molecular formula is C66H82F2N14O4. The Hall–Kier alpha value is -6.97. The molecule has 14 rings (SSSR count). The number of carbonyl (C=O) groups excluding carboxylic acids is 2. The fourth-order valence-corrected chi connectivity index (χ4v) is 14.2. The molecule has 7 aliphatic heterocycles. The predicted octanol–water partition coefficient (Wildman–Crippen LogP) is 9.28. The molecule has 18 nitrogen and oxygen atoms in total. The van der Waals surface area contributed by atoms with Crippen molar-refractivity contribution in [2.24, 2.45) is 5.92 Å². The number of nitrogens with one attached hydrogen (secondary N) is 2. The Morgan fingerprint density at radius 3 is 2.08 bits per heavy atom. The molecule has 0 unspecified atom stereocenters. The Balaban J connectivity index is 0.000000160. The van der Waals surface area contributed by atoms with Gasteiger partial charge < -0.3 is 34.8 Å². The Labute approximate surface area is 502 Å². The fraction of sp³-hybridized carbons (Fsp3) is 0.530. The molecule has 0 aliphatic carbocycles. The van der Waals surface area contributed by atoms with Gasteiger partial charge in [-0.2, -0.15) is 15.3 Å². The van der Waals surface area contributed by atoms with Crippen molar-refractivity contribution < 1.29 is 27.8 Å². The molecule has 20 heteroatoms. The first-order valence-electron chi connectivity index (χ1n) is 31.7. The van der Waals surface area contributed by atoms with Gasteiger partial charge in [0.1, 0.15) is 0 Å². The summed E-state index contributed by atoms with van der Waals surface area (Å²) in [6.45, 7) is 17.7. The molecule has 2 N–H and O–H groups in total. The van der Waals surface area contributed by atoms with E-state index in [9.17, 15) is 18.4 Å². The molecule has 7 aromatic rings. The average molecular weight is 1170 g/mol. The molecular weight excluding hydrogens is 1090 g/mol. The zero-order valence-corrected chi connectivity index (χ0v) is 50.0. The van der Waals surface area contributed by atoms with Gasteiger partial charge >= 0.3 is 0 Å². The van der Waals surface area contributed by atoms with Crippen molar-refractivity contribution in [1.82, 2.24) is 64.6 Å². The number of piperidine rings is 1. The zero-order chi connectivity index (χ0) is 58.7. The van der Waals surface area contributed by atoms with Crippen LogP contribution in [0.25, 0.3) is 44.4 Å². The molecule has 0 spiro atoms. The van der Waals surface area contributed by atoms with Gasteiger partial charge in [0.15, 0.2) is 5.82 Å². The van der Waals surface area contributed by atoms with Crippen LogP contribution in [0, 0.1) is 5.92 Å². The monoisotopic (exact) mass is 1170 g/mol. The lowest BCUT2D eigenvalue weighted by atomic mass is 9.91. The largest absolute Gasteiger partial charge is 0.381 e. The topological polar surface area (TPSA) is 169 Å². The number of halogens is 2. The van der Waals surface area contributed by atoms with Crippen LogP contribution in [0.15, 0.2) is 73.3 Å². The summed E-state index contributed by atoms with van der Waals surface area (Å²) >= 11 is 0. The van der Waals surface area contributed by atoms with Gasteiger partial charge in [0.05, 0.1) is 42.8 Å². The maximum atomic E-state index is 14.8. The second-order valence-electron chi connectivity index (χ2n) is 24.6. The van der Waals surface area contributed by atoms with Crippen LogP contribution in [0.1, 0.15) is 123 Å². The third kappa shape index (κ3) is 12.5. The number of alkyl halides is 2. The van der Waals surface area contributed by atoms with E-state index in [1.165, 1.54) is 29.8 Å². The summed E-state index contributed by atoms with van der Waals surface area (Å²) in [5.41, 5.74) is 12.8. The first-order valence-corrected chi connectivity index (χ1v) is 31.7. The number of benzene rings is 2. The molecule has 0 bridgehead atoms. The summed E-state index contributed by atoms with van der Waals surface area (Å²) in [5.74, 6) is 1.68. The van der Waals surface area contributed by atoms with Crippen LogP contribution in [0.5, 0.6) is 0 Å². The van der Waals surface area contributed by atoms with Crippen molar-refractivity contribution >= 4 is 34.1 Å². The summed E-state index contributed by atoms with van der Waals surface area (Å²) in [6, 6.07) is 16.7. The van der Waals surface area contributed by atoms with Gasteiger partial charge in [-0.15, -0.1) is 0 Å². The van der Waals surface area contributed by atoms with E-state index >= 15 is 0 Å². The number of amides is 2. The van der Waals surface area contributed by atoms with E-state index in [1.807, 2.05) is 45.1 Å². The third-order valence-electron chi connectivity index (χ3n) is 19.2. The lowest BCUT2D eigenvalue weighted by molar-refractivity contribution is -0.130. The molecule has 5 aromatic heterocycles. The maximum absolute atomic E-state index is 14.8. The first kappa shape index (κ1) is 58.1. The van der Waals surface area contributed by atoms with E-state index in [1.54, 1.807) is 26.1 Å². The van der Waals surface area contributed by atoms with Crippen molar-refractivity contribution in [3.8, 4) is 33.6 Å². The Morgan fingerprint density at radius 2 is 1.38 bits per heavy atom. The van der Waals surface area contributed by atoms with Crippen LogP contribution in [-0.2, 0) is 64.4 Å². The number of nitrogens with zero attached hydrogens (tertiary/aromatic N) is 12. The molecule has 0 radical (unpaired) electrons. The normalized spacial score (nSPS) is 19.1. The summed E-state index contributed by atoms with van der Waals surface area (Å²) in [7, 11) is 0. The number of anilines is 2. The first-order chi connectivity index (χ1) is 42.1. The molecule has 0 saturated carbocycles. The molecule has 2 amide bonds. The number of rotatable bonds is 13. The molecule has 2 aromatic carbocycles. The smallest absolute Gasteiger partial charge is 0.264 e. The van der Waals surface area contributed by atoms with Gasteiger partial charge in [0.25, 0.3) is 6.43 Å². The van der Waals surface area contributed by atoms with Crippen molar-refractivity contribution in [2.75, 3.05) is 96.8 Å². The minimum atomic E-state index is -2.63. The van der Waals surface area contributed by atoms with Crippen LogP contribution in [0.4, 0.5) is 20.3 Å². The molecule has 12 heterocycles. The van der Waals surface area contributed by atoms with Crippen LogP contribution in [-0.4, -0.2) is 158 Å². The van der Waals surface area contributed by atoms with Gasteiger partial charge in [-0.1, -0.05) is 24.3 Å². The van der Waals surface area contributed by atoms with Gasteiger partial charge in [0, 0.05) is 192 Å². The number of aromatic nitrogens is 8. The highest BCUT2D eigenvalue weighted by atomic mass is 19.3. The maximum Gasteiger partial charge on any atom is 0.264 e. The van der Waals surface area contributed by atoms with E-state index in [-0.39, 0.29) is 23.4 Å². The van der Waals surface area contributed by atoms with Crippen LogP contribution >= 0.6 is 0 Å². The highest BCUT2D eigenvalue weighted by molar-refractivity contribution is 5.97. The van der Waals surface area contributed by atoms with Gasteiger partial charge in [-0.3, -0.25) is 38.5 Å². The molecule has 454 valence electrons. The number of piperazine rings is 1. The van der Waals surface area contributed by atoms with E-state index in [4.69, 9.17) is 29.6 Å². The van der Waals surface area contributed by atoms with Gasteiger partial charge in [-0.25, -0.2) is 8.78 Å². The summed E-state index contributed by atoms with van der Waals surface area (Å²) in [6.07, 6.45) is 16.6. The summed E-state index contributed by atoms with van der Waals surface area (Å²) in [5, 5.41) is 24.1. The van der Waals surface area contributed by atoms with Crippen LogP contribution in [0.2, 0.25) is 0 Å². The molecule has 86 heavy (non-hydrogen) atoms. The third-order valence-corrected chi connectivity index (χ3v) is 19.2. The molecule has 4 fully saturated rings. The summed E-state index contributed by atoms with van der Waals surface area (Å²) in [4.78, 5) is 42.7. The Bertz CT molecular complexity index is 3520. The van der Waals surface area contributed by atoms with Crippen LogP contribution in [0.3, 0.4) is 0 Å². The van der Waals surface area contributed by atoms with Crippen molar-refractivity contribution in [1.29, 1.82) is 0 Å². The van der Waals surface area contributed by atoms with Crippen molar-refractivity contribution in [2.45, 2.75) is 129 Å². The van der Waals surface area contributed by atoms with Gasteiger partial charge in [0.2, 0.25) is 11.8 Å². The van der Waals surface area contributed by atoms with E-state index in [0.717, 1.165) is 209 Å². The minimum absolute atomic E-state index is 0.0213. The van der Waals surface area contributed by atoms with Crippen LogP contribution < -0.4 is 15.5 Å². The van der Waals surface area contributed by atoms with E-state index < -0.39 is 6.43 Å². The lowest BCUT2D eigenvalue weighted by Crippen LogP contribution is -2.44. The second-order valence-corrected chi connectivity index (χ2v) is 24.6. The number of hydrogen-bond acceptors (Lipinski definition) is 13. The lowest BCUT2D eigenvalue weighted by Gasteiger charge is -2.33. The zero-order valence-electron chi connectivity index (χ0n) is 50.0. The average Bonchev–Trinajstić information content (AvgIpc) is 1.75. The number of hydrogen-bond donors (Lipinski definition) is 2. The van der Waals surface area contributed by atoms with E-state index in [0.29, 0.717) is 51.0 Å². The highest BCUT2D eigenvalue weighted by Gasteiger charge is 2.35. The van der Waals surface area contributed by atoms with Gasteiger partial charge in [-0.05, 0) is 124 Å². The number of pyridine rings is 2. The molecule has 4 saturated heterocycles. The predicted molar refractivity (Wildman–Crippen MR) is 327 cm³/mol. The minimum Gasteiger partial charge on any atom is -0.381 e. The number of ether oxygens (including phenoxy) is 2. The van der Waals surface area contributed by atoms with Crippen molar-refractivity contribution in [3.63, 3.8) is 0 Å².